The van der Waals surface area contributed by atoms with Crippen molar-refractivity contribution in [2.45, 2.75) is 12.8 Å². The van der Waals surface area contributed by atoms with Crippen LogP contribution >= 0.6 is 0 Å². The van der Waals surface area contributed by atoms with Crippen LogP contribution in [-0.2, 0) is 4.79 Å². The molecule has 5 nitrogen and oxygen atoms in total. The summed E-state index contributed by atoms with van der Waals surface area (Å²) in [6.45, 7) is 0.179. The number of carbonyl (C=O) groups excluding carboxylic acids is 3. The lowest BCUT2D eigenvalue weighted by molar-refractivity contribution is -0.114. The van der Waals surface area contributed by atoms with Crippen LogP contribution in [-0.4, -0.2) is 34.1 Å². The van der Waals surface area contributed by atoms with Gasteiger partial charge in [0, 0.05) is 24.6 Å². The van der Waals surface area contributed by atoms with E-state index in [0.717, 1.165) is 0 Å². The average Bonchev–Trinajstić information content (AvgIpc) is 2.87. The topological polar surface area (TPSA) is 74.7 Å². The van der Waals surface area contributed by atoms with Crippen molar-refractivity contribution in [3.05, 3.63) is 77.4 Å². The molecule has 1 N–H and O–H groups in total. The number of aliphatic hydroxyl groups excluding tert-OH is 1. The van der Waals surface area contributed by atoms with Gasteiger partial charge in [-0.05, 0) is 18.6 Å². The zero-order chi connectivity index (χ0) is 17.8. The van der Waals surface area contributed by atoms with Gasteiger partial charge in [-0.3, -0.25) is 19.3 Å². The lowest BCUT2D eigenvalue weighted by atomic mass is 10.1. The lowest BCUT2D eigenvalue weighted by Crippen LogP contribution is -2.30. The molecule has 1 aliphatic rings. The van der Waals surface area contributed by atoms with Gasteiger partial charge in [0.25, 0.3) is 11.8 Å². The van der Waals surface area contributed by atoms with Crippen molar-refractivity contribution in [1.29, 1.82) is 0 Å². The Hall–Kier alpha value is -3.21. The fraction of sp³-hybridized carbons (Fsp3) is 0.150. The summed E-state index contributed by atoms with van der Waals surface area (Å²) < 4.78 is 0. The second-order valence-electron chi connectivity index (χ2n) is 5.77. The zero-order valence-corrected chi connectivity index (χ0v) is 13.5. The van der Waals surface area contributed by atoms with E-state index in [0.29, 0.717) is 23.1 Å². The molecule has 0 atom stereocenters. The van der Waals surface area contributed by atoms with Crippen LogP contribution in [0.2, 0.25) is 0 Å². The molecule has 0 radical (unpaired) electrons. The average molecular weight is 335 g/mol. The van der Waals surface area contributed by atoms with E-state index in [4.69, 9.17) is 0 Å². The number of allylic oxidation sites excluding steroid dienone is 1. The van der Waals surface area contributed by atoms with Gasteiger partial charge in [-0.1, -0.05) is 42.5 Å². The second kappa shape index (κ2) is 7.13. The van der Waals surface area contributed by atoms with E-state index in [1.54, 1.807) is 48.5 Å². The first-order valence-corrected chi connectivity index (χ1v) is 8.02. The first-order valence-electron chi connectivity index (χ1n) is 8.02. The van der Waals surface area contributed by atoms with Crippen molar-refractivity contribution in [1.82, 2.24) is 4.90 Å². The molecule has 1 aliphatic heterocycles. The van der Waals surface area contributed by atoms with Gasteiger partial charge in [0.1, 0.15) is 5.76 Å². The fourth-order valence-electron chi connectivity index (χ4n) is 2.77. The molecule has 0 unspecified atom stereocenters. The first kappa shape index (κ1) is 16.6. The summed E-state index contributed by atoms with van der Waals surface area (Å²) in [5, 5.41) is 9.93. The predicted octanol–water partition coefficient (Wildman–Crippen LogP) is 3.23. The Morgan fingerprint density at radius 2 is 1.48 bits per heavy atom. The number of aliphatic hydroxyl groups is 1. The third-order valence-electron chi connectivity index (χ3n) is 4.05. The molecule has 3 rings (SSSR count). The number of imide groups is 1. The maximum Gasteiger partial charge on any atom is 0.261 e. The van der Waals surface area contributed by atoms with Crippen LogP contribution in [0.4, 0.5) is 0 Å². The van der Waals surface area contributed by atoms with Crippen molar-refractivity contribution in [2.75, 3.05) is 6.54 Å². The normalized spacial score (nSPS) is 13.9. The molecule has 0 fully saturated rings. The van der Waals surface area contributed by atoms with Gasteiger partial charge >= 0.3 is 0 Å². The van der Waals surface area contributed by atoms with Gasteiger partial charge in [0.2, 0.25) is 0 Å². The highest BCUT2D eigenvalue weighted by atomic mass is 16.3. The Labute approximate surface area is 145 Å². The predicted molar refractivity (Wildman–Crippen MR) is 93.1 cm³/mol. The molecule has 0 aliphatic carbocycles. The maximum absolute atomic E-state index is 12.2. The Morgan fingerprint density at radius 1 is 0.920 bits per heavy atom. The standard InChI is InChI=1S/C20H17NO4/c22-15(13-18(23)14-7-2-1-3-8-14)9-6-12-21-19(24)16-10-4-5-11-17(16)20(21)25/h1-5,7-8,10-11,13,23H,6,9,12H2/b18-13-. The van der Waals surface area contributed by atoms with Crippen molar-refractivity contribution in [3.63, 3.8) is 0 Å². The minimum atomic E-state index is -0.323. The van der Waals surface area contributed by atoms with E-state index in [-0.39, 0.29) is 36.3 Å². The first-order chi connectivity index (χ1) is 12.1. The molecular formula is C20H17NO4. The fourth-order valence-corrected chi connectivity index (χ4v) is 2.77. The molecule has 0 bridgehead atoms. The number of ketones is 1. The van der Waals surface area contributed by atoms with Crippen LogP contribution in [0.1, 0.15) is 39.1 Å². The summed E-state index contributed by atoms with van der Waals surface area (Å²) in [7, 11) is 0. The van der Waals surface area contributed by atoms with E-state index in [9.17, 15) is 19.5 Å². The number of nitrogens with zero attached hydrogens (tertiary/aromatic N) is 1. The van der Waals surface area contributed by atoms with Crippen molar-refractivity contribution in [3.8, 4) is 0 Å². The molecule has 0 spiro atoms. The smallest absolute Gasteiger partial charge is 0.261 e. The van der Waals surface area contributed by atoms with E-state index in [1.807, 2.05) is 6.07 Å². The van der Waals surface area contributed by atoms with Crippen molar-refractivity contribution < 1.29 is 19.5 Å². The summed E-state index contributed by atoms with van der Waals surface area (Å²) >= 11 is 0. The van der Waals surface area contributed by atoms with E-state index in [2.05, 4.69) is 0 Å². The molecule has 0 aromatic heterocycles. The third kappa shape index (κ3) is 3.50. The van der Waals surface area contributed by atoms with Gasteiger partial charge < -0.3 is 5.11 Å². The number of amides is 2. The lowest BCUT2D eigenvalue weighted by Gasteiger charge is -2.12. The Balaban J connectivity index is 1.56. The van der Waals surface area contributed by atoms with E-state index in [1.165, 1.54) is 11.0 Å². The molecule has 2 aromatic rings. The van der Waals surface area contributed by atoms with Crippen LogP contribution in [0.3, 0.4) is 0 Å². The minimum absolute atomic E-state index is 0.0914. The highest BCUT2D eigenvalue weighted by Crippen LogP contribution is 2.22. The van der Waals surface area contributed by atoms with Gasteiger partial charge in [0.15, 0.2) is 5.78 Å². The zero-order valence-electron chi connectivity index (χ0n) is 13.5. The SMILES string of the molecule is O=C(/C=C(\O)c1ccccc1)CCCN1C(=O)c2ccccc2C1=O. The molecule has 1 heterocycles. The van der Waals surface area contributed by atoms with Crippen LogP contribution in [0.25, 0.3) is 5.76 Å². The molecular weight excluding hydrogens is 318 g/mol. The molecule has 126 valence electrons. The highest BCUT2D eigenvalue weighted by molar-refractivity contribution is 6.21. The summed E-state index contributed by atoms with van der Waals surface area (Å²) in [4.78, 5) is 37.6. The van der Waals surface area contributed by atoms with Crippen molar-refractivity contribution in [2.24, 2.45) is 0 Å². The number of carbonyl (C=O) groups is 3. The number of benzene rings is 2. The largest absolute Gasteiger partial charge is 0.507 e. The Kier molecular flexibility index (Phi) is 4.75. The minimum Gasteiger partial charge on any atom is -0.507 e. The summed E-state index contributed by atoms with van der Waals surface area (Å²) in [5.74, 6) is -0.990. The van der Waals surface area contributed by atoms with Crippen molar-refractivity contribution >= 4 is 23.4 Å². The molecule has 0 saturated carbocycles. The monoisotopic (exact) mass is 335 g/mol. The van der Waals surface area contributed by atoms with Gasteiger partial charge in [-0.15, -0.1) is 0 Å². The highest BCUT2D eigenvalue weighted by Gasteiger charge is 2.34. The summed E-state index contributed by atoms with van der Waals surface area (Å²) in [6.07, 6.45) is 1.67. The van der Waals surface area contributed by atoms with E-state index < -0.39 is 0 Å². The van der Waals surface area contributed by atoms with Crippen LogP contribution in [0.5, 0.6) is 0 Å². The molecule has 2 aromatic carbocycles. The molecule has 2 amide bonds. The molecule has 0 saturated heterocycles. The number of hydrogen-bond donors (Lipinski definition) is 1. The summed E-state index contributed by atoms with van der Waals surface area (Å²) in [6, 6.07) is 15.5. The molecule has 5 heteroatoms. The van der Waals surface area contributed by atoms with Gasteiger partial charge in [0.05, 0.1) is 11.1 Å². The summed E-state index contributed by atoms with van der Waals surface area (Å²) in [5.41, 5.74) is 1.37. The number of fused-ring (bicyclic) bond motifs is 1. The molecule has 25 heavy (non-hydrogen) atoms. The van der Waals surface area contributed by atoms with Gasteiger partial charge in [-0.25, -0.2) is 0 Å². The quantitative estimate of drug-likeness (QED) is 0.500. The number of rotatable bonds is 6. The Bertz CT molecular complexity index is 820. The third-order valence-corrected chi connectivity index (χ3v) is 4.05. The van der Waals surface area contributed by atoms with E-state index >= 15 is 0 Å². The van der Waals surface area contributed by atoms with Crippen LogP contribution in [0.15, 0.2) is 60.7 Å². The maximum atomic E-state index is 12.2. The second-order valence-corrected chi connectivity index (χ2v) is 5.77. The van der Waals surface area contributed by atoms with Crippen LogP contribution in [0, 0.1) is 0 Å². The Morgan fingerprint density at radius 3 is 2.08 bits per heavy atom. The number of hydrogen-bond acceptors (Lipinski definition) is 4. The van der Waals surface area contributed by atoms with Crippen LogP contribution < -0.4 is 0 Å². The van der Waals surface area contributed by atoms with Gasteiger partial charge in [-0.2, -0.15) is 0 Å².